The number of carbonyl (C=O) groups excluding carboxylic acids is 10. The van der Waals surface area contributed by atoms with E-state index in [0.717, 1.165) is 136 Å². The first-order valence-electron chi connectivity index (χ1n) is 43.0. The fraction of sp³-hybridized carbons (Fsp3) is 0.881. The molecule has 1 rings (SSSR count). The maximum atomic E-state index is 13.1. The molecule has 1 heterocycles. The summed E-state index contributed by atoms with van der Waals surface area (Å²) in [4.78, 5) is 137. The first-order chi connectivity index (χ1) is 53.7. The van der Waals surface area contributed by atoms with E-state index in [-0.39, 0.29) is 187 Å². The molecule has 0 aromatic heterocycles. The number of rotatable bonds is 75. The van der Waals surface area contributed by atoms with Crippen molar-refractivity contribution >= 4 is 59.7 Å². The summed E-state index contributed by atoms with van der Waals surface area (Å²) in [5.74, 6) is -3.53. The van der Waals surface area contributed by atoms with Crippen LogP contribution in [0.3, 0.4) is 0 Å². The SMILES string of the molecule is CCCCC(C)C(=O)OCCCCOC(=O)CCN(CCOCCN(CCC(=O)OCCCCOC(=O)C(C)CCCC)CCN1CCN(CCOCCN(CCC(=O)OCCCCOC(=O)C(C)CCCC)CCC(=O)OCCCCOC(=O)C(C)CCCC)CC1)CCC(=O)OCCCCOC(=O)C(C)CCCC. The summed E-state index contributed by atoms with van der Waals surface area (Å²) in [6.45, 7) is 32.5. The van der Waals surface area contributed by atoms with Crippen molar-refractivity contribution in [2.45, 2.75) is 262 Å². The highest BCUT2D eigenvalue weighted by Crippen LogP contribution is 2.16. The predicted molar refractivity (Wildman–Crippen MR) is 426 cm³/mol. The molecule has 111 heavy (non-hydrogen) atoms. The quantitative estimate of drug-likeness (QED) is 0.0310. The number of hydrogen-bond donors (Lipinski definition) is 0. The first-order valence-corrected chi connectivity index (χ1v) is 43.0. The maximum Gasteiger partial charge on any atom is 0.308 e. The van der Waals surface area contributed by atoms with Crippen molar-refractivity contribution in [3.8, 4) is 0 Å². The van der Waals surface area contributed by atoms with Crippen LogP contribution in [0.5, 0.6) is 0 Å². The van der Waals surface area contributed by atoms with Gasteiger partial charge in [0.1, 0.15) is 0 Å². The molecule has 1 aliphatic rings. The van der Waals surface area contributed by atoms with Gasteiger partial charge in [0.15, 0.2) is 0 Å². The molecular weight excluding hydrogens is 1430 g/mol. The highest BCUT2D eigenvalue weighted by Gasteiger charge is 2.23. The monoisotopic (exact) mass is 1580 g/mol. The van der Waals surface area contributed by atoms with Crippen LogP contribution in [0.15, 0.2) is 0 Å². The third kappa shape index (κ3) is 59.7. The van der Waals surface area contributed by atoms with Gasteiger partial charge in [0.25, 0.3) is 0 Å². The molecule has 27 nitrogen and oxygen atoms in total. The fourth-order valence-corrected chi connectivity index (χ4v) is 11.8. The highest BCUT2D eigenvalue weighted by molar-refractivity contribution is 5.74. The molecule has 5 unspecified atom stereocenters. The Balaban J connectivity index is 2.94. The highest BCUT2D eigenvalue weighted by atomic mass is 16.6. The van der Waals surface area contributed by atoms with Crippen molar-refractivity contribution in [1.82, 2.24) is 24.5 Å². The van der Waals surface area contributed by atoms with Gasteiger partial charge in [0.2, 0.25) is 0 Å². The summed E-state index contributed by atoms with van der Waals surface area (Å²) >= 11 is 0. The Morgan fingerprint density at radius 3 is 0.667 bits per heavy atom. The Kier molecular flexibility index (Phi) is 66.2. The molecule has 27 heteroatoms. The zero-order chi connectivity index (χ0) is 81.8. The average molecular weight is 1590 g/mol. The molecule has 0 radical (unpaired) electrons. The van der Waals surface area contributed by atoms with Crippen LogP contribution >= 0.6 is 0 Å². The minimum absolute atomic E-state index is 0.0889. The van der Waals surface area contributed by atoms with Gasteiger partial charge in [-0.05, 0) is 96.3 Å². The second-order valence-corrected chi connectivity index (χ2v) is 29.9. The summed E-state index contributed by atoms with van der Waals surface area (Å²) in [7, 11) is 0. The standard InChI is InChI=1S/C84H153N5O22/c1-11-16-31-70(6)80(95)107-61-26-21-56-102-75(90)36-41-85(42-37-76(91)103-57-22-27-62-108-81(96)71(7)32-17-12-2)52-66-100-68-54-87(45-40-79(94)106-60-25-30-65-111-84(99)74(10)35-20-15-5)46-47-88-48-50-89(51-49-88)55-69-101-67-53-86(43-38-77(92)104-58-23-28-63-109-82(97)72(8)33-18-13-3)44-39-78(93)105-59-24-29-64-110-83(98)73(9)34-19-14-4/h70-74H,11-69H2,1-10H3. The van der Waals surface area contributed by atoms with Crippen LogP contribution < -0.4 is 0 Å². The van der Waals surface area contributed by atoms with Crippen molar-refractivity contribution in [2.24, 2.45) is 29.6 Å². The number of hydrogen-bond acceptors (Lipinski definition) is 27. The van der Waals surface area contributed by atoms with Crippen LogP contribution in [0.1, 0.15) is 262 Å². The van der Waals surface area contributed by atoms with E-state index in [2.05, 4.69) is 49.3 Å². The van der Waals surface area contributed by atoms with Crippen molar-refractivity contribution < 1.29 is 105 Å². The number of ether oxygens (including phenoxy) is 12. The van der Waals surface area contributed by atoms with Crippen LogP contribution in [0.25, 0.3) is 0 Å². The molecular formula is C84H153N5O22. The summed E-state index contributed by atoms with van der Waals surface area (Å²) in [6.07, 6.45) is 20.2. The number of piperazine rings is 1. The third-order valence-corrected chi connectivity index (χ3v) is 19.8. The molecule has 1 aliphatic heterocycles. The predicted octanol–water partition coefficient (Wildman–Crippen LogP) is 12.0. The molecule has 0 amide bonds. The maximum absolute atomic E-state index is 13.1. The van der Waals surface area contributed by atoms with E-state index >= 15 is 0 Å². The van der Waals surface area contributed by atoms with Crippen molar-refractivity contribution in [2.75, 3.05) is 191 Å². The van der Waals surface area contributed by atoms with Crippen LogP contribution in [0.4, 0.5) is 0 Å². The summed E-state index contributed by atoms with van der Waals surface area (Å²) in [5.41, 5.74) is 0. The zero-order valence-electron chi connectivity index (χ0n) is 70.8. The largest absolute Gasteiger partial charge is 0.466 e. The van der Waals surface area contributed by atoms with E-state index in [1.54, 1.807) is 0 Å². The van der Waals surface area contributed by atoms with Crippen molar-refractivity contribution in [1.29, 1.82) is 0 Å². The zero-order valence-corrected chi connectivity index (χ0v) is 70.8. The average Bonchev–Trinajstić information content (AvgIpc) is 0.906. The van der Waals surface area contributed by atoms with Gasteiger partial charge in [-0.1, -0.05) is 133 Å². The van der Waals surface area contributed by atoms with Gasteiger partial charge in [-0.3, -0.25) is 72.4 Å². The molecule has 646 valence electrons. The van der Waals surface area contributed by atoms with Crippen molar-refractivity contribution in [3.63, 3.8) is 0 Å². The smallest absolute Gasteiger partial charge is 0.308 e. The molecule has 0 bridgehead atoms. The van der Waals surface area contributed by atoms with E-state index < -0.39 is 0 Å². The molecule has 0 aliphatic carbocycles. The number of nitrogens with zero attached hydrogens (tertiary/aromatic N) is 5. The molecule has 0 aromatic rings. The van der Waals surface area contributed by atoms with Gasteiger partial charge in [-0.15, -0.1) is 0 Å². The lowest BCUT2D eigenvalue weighted by atomic mass is 10.1. The molecule has 1 fully saturated rings. The van der Waals surface area contributed by atoms with E-state index in [1.807, 2.05) is 44.4 Å². The lowest BCUT2D eigenvalue weighted by Crippen LogP contribution is -2.49. The Hall–Kier alpha value is -5.58. The topological polar surface area (TPSA) is 298 Å². The van der Waals surface area contributed by atoms with E-state index in [9.17, 15) is 47.9 Å². The minimum atomic E-state index is -0.380. The number of carbonyl (C=O) groups is 10. The molecule has 0 aromatic carbocycles. The third-order valence-electron chi connectivity index (χ3n) is 19.8. The van der Waals surface area contributed by atoms with Gasteiger partial charge in [-0.2, -0.15) is 0 Å². The first kappa shape index (κ1) is 103. The Morgan fingerprint density at radius 2 is 0.441 bits per heavy atom. The fourth-order valence-electron chi connectivity index (χ4n) is 11.8. The molecule has 0 saturated carbocycles. The van der Waals surface area contributed by atoms with E-state index in [1.165, 1.54) is 0 Å². The number of unbranched alkanes of at least 4 members (excludes halogenated alkanes) is 10. The molecule has 5 atom stereocenters. The van der Waals surface area contributed by atoms with Gasteiger partial charge in [-0.25, -0.2) is 0 Å². The van der Waals surface area contributed by atoms with E-state index in [4.69, 9.17) is 56.8 Å². The van der Waals surface area contributed by atoms with E-state index in [0.29, 0.717) is 150 Å². The Morgan fingerprint density at radius 1 is 0.243 bits per heavy atom. The molecule has 0 spiro atoms. The van der Waals surface area contributed by atoms with Crippen LogP contribution in [0, 0.1) is 29.6 Å². The summed E-state index contributed by atoms with van der Waals surface area (Å²) in [6, 6.07) is 0. The van der Waals surface area contributed by atoms with Crippen LogP contribution in [-0.2, 0) is 105 Å². The summed E-state index contributed by atoms with van der Waals surface area (Å²) < 4.78 is 67.3. The minimum Gasteiger partial charge on any atom is -0.466 e. The Labute approximate surface area is 668 Å². The second-order valence-electron chi connectivity index (χ2n) is 29.9. The lowest BCUT2D eigenvalue weighted by molar-refractivity contribution is -0.149. The molecule has 1 saturated heterocycles. The Bertz CT molecular complexity index is 2310. The van der Waals surface area contributed by atoms with Crippen LogP contribution in [0.2, 0.25) is 0 Å². The van der Waals surface area contributed by atoms with Crippen LogP contribution in [-0.4, -0.2) is 275 Å². The van der Waals surface area contributed by atoms with Crippen molar-refractivity contribution in [3.05, 3.63) is 0 Å². The van der Waals surface area contributed by atoms with Gasteiger partial charge < -0.3 is 56.8 Å². The summed E-state index contributed by atoms with van der Waals surface area (Å²) in [5, 5.41) is 0. The molecule has 0 N–H and O–H groups in total. The van der Waals surface area contributed by atoms with Gasteiger partial charge >= 0.3 is 59.7 Å². The second kappa shape index (κ2) is 71.0. The van der Waals surface area contributed by atoms with Gasteiger partial charge in [0, 0.05) is 98.2 Å². The number of esters is 10. The lowest BCUT2D eigenvalue weighted by Gasteiger charge is -2.35. The normalized spacial score (nSPS) is 14.0. The van der Waals surface area contributed by atoms with Gasteiger partial charge in [0.05, 0.1) is 154 Å².